The molecular formula is C18H18N2O4S. The van der Waals surface area contributed by atoms with Crippen molar-refractivity contribution in [3.05, 3.63) is 63.8 Å². The standard InChI is InChI=1S/C18H18N2O4S/c1-24-10-5-9-20-15(12-6-2-3-8-19-12)14(17(22)18(20)23)16(21)13-7-4-11-25-13/h2-4,6-8,11,15,22H,5,9-10H2,1H3. The highest BCUT2D eigenvalue weighted by Gasteiger charge is 2.44. The van der Waals surface area contributed by atoms with E-state index in [9.17, 15) is 14.7 Å². The van der Waals surface area contributed by atoms with Crippen molar-refractivity contribution in [2.75, 3.05) is 20.3 Å². The molecule has 3 heterocycles. The van der Waals surface area contributed by atoms with Crippen LogP contribution in [-0.2, 0) is 9.53 Å². The van der Waals surface area contributed by atoms with Gasteiger partial charge in [0.05, 0.1) is 16.1 Å². The Hall–Kier alpha value is -2.51. The molecule has 7 heteroatoms. The van der Waals surface area contributed by atoms with E-state index >= 15 is 0 Å². The zero-order valence-corrected chi connectivity index (χ0v) is 14.5. The molecule has 25 heavy (non-hydrogen) atoms. The highest BCUT2D eigenvalue weighted by atomic mass is 32.1. The number of hydrogen-bond donors (Lipinski definition) is 1. The Kier molecular flexibility index (Phi) is 5.25. The van der Waals surface area contributed by atoms with Crippen molar-refractivity contribution in [2.45, 2.75) is 12.5 Å². The maximum atomic E-state index is 12.9. The molecule has 0 aliphatic carbocycles. The second-order valence-electron chi connectivity index (χ2n) is 5.57. The van der Waals surface area contributed by atoms with Gasteiger partial charge in [0.2, 0.25) is 5.78 Å². The number of aliphatic hydroxyl groups excluding tert-OH is 1. The third-order valence-corrected chi connectivity index (χ3v) is 4.88. The maximum Gasteiger partial charge on any atom is 0.290 e. The Bertz CT molecular complexity index is 787. The van der Waals surface area contributed by atoms with Crippen LogP contribution in [0.5, 0.6) is 0 Å². The minimum Gasteiger partial charge on any atom is -0.503 e. The Balaban J connectivity index is 2.01. The molecule has 0 saturated heterocycles. The molecule has 0 fully saturated rings. The molecule has 1 aliphatic heterocycles. The number of methoxy groups -OCH3 is 1. The fourth-order valence-electron chi connectivity index (χ4n) is 2.88. The second-order valence-corrected chi connectivity index (χ2v) is 6.52. The minimum atomic E-state index is -0.694. The van der Waals surface area contributed by atoms with Gasteiger partial charge >= 0.3 is 0 Å². The summed E-state index contributed by atoms with van der Waals surface area (Å²) in [7, 11) is 1.59. The first-order chi connectivity index (χ1) is 12.1. The summed E-state index contributed by atoms with van der Waals surface area (Å²) < 4.78 is 5.04. The lowest BCUT2D eigenvalue weighted by Crippen LogP contribution is -2.33. The summed E-state index contributed by atoms with van der Waals surface area (Å²) in [6, 6.07) is 8.06. The fraction of sp³-hybridized carbons (Fsp3) is 0.278. The second kappa shape index (κ2) is 7.58. The van der Waals surface area contributed by atoms with Crippen LogP contribution in [0, 0.1) is 0 Å². The number of Topliss-reactive ketones (excluding diaryl/α,β-unsaturated/α-hetero) is 1. The fourth-order valence-corrected chi connectivity index (χ4v) is 3.56. The van der Waals surface area contributed by atoms with Gasteiger partial charge in [0.25, 0.3) is 5.91 Å². The normalized spacial score (nSPS) is 17.4. The van der Waals surface area contributed by atoms with Crippen molar-refractivity contribution in [1.29, 1.82) is 0 Å². The molecule has 6 nitrogen and oxygen atoms in total. The van der Waals surface area contributed by atoms with Crippen molar-refractivity contribution in [3.63, 3.8) is 0 Å². The molecule has 0 radical (unpaired) electrons. The number of ether oxygens (including phenoxy) is 1. The summed E-state index contributed by atoms with van der Waals surface area (Å²) in [6.07, 6.45) is 2.20. The van der Waals surface area contributed by atoms with Crippen molar-refractivity contribution in [1.82, 2.24) is 9.88 Å². The van der Waals surface area contributed by atoms with Crippen molar-refractivity contribution >= 4 is 23.0 Å². The van der Waals surface area contributed by atoms with Crippen LogP contribution in [0.3, 0.4) is 0 Å². The molecule has 2 aromatic heterocycles. The molecule has 1 aliphatic rings. The number of amides is 1. The maximum absolute atomic E-state index is 12.9. The Morgan fingerprint density at radius 1 is 1.36 bits per heavy atom. The van der Waals surface area contributed by atoms with E-state index in [1.165, 1.54) is 16.2 Å². The van der Waals surface area contributed by atoms with Gasteiger partial charge in [-0.2, -0.15) is 0 Å². The van der Waals surface area contributed by atoms with Gasteiger partial charge < -0.3 is 14.7 Å². The number of rotatable bonds is 7. The van der Waals surface area contributed by atoms with Gasteiger partial charge in [0.1, 0.15) is 6.04 Å². The lowest BCUT2D eigenvalue weighted by molar-refractivity contribution is -0.129. The molecule has 130 valence electrons. The van der Waals surface area contributed by atoms with Crippen LogP contribution in [0.15, 0.2) is 53.2 Å². The molecule has 0 aromatic carbocycles. The number of aromatic nitrogens is 1. The zero-order valence-electron chi connectivity index (χ0n) is 13.7. The summed E-state index contributed by atoms with van der Waals surface area (Å²) in [5.74, 6) is -1.39. The number of pyridine rings is 1. The van der Waals surface area contributed by atoms with E-state index in [0.717, 1.165) is 0 Å². The van der Waals surface area contributed by atoms with Gasteiger partial charge in [0, 0.05) is 26.5 Å². The number of aliphatic hydroxyl groups is 1. The first-order valence-electron chi connectivity index (χ1n) is 7.87. The third-order valence-electron chi connectivity index (χ3n) is 4.01. The lowest BCUT2D eigenvalue weighted by atomic mass is 9.99. The Morgan fingerprint density at radius 3 is 2.84 bits per heavy atom. The number of nitrogens with zero attached hydrogens (tertiary/aromatic N) is 2. The van der Waals surface area contributed by atoms with Crippen LogP contribution < -0.4 is 0 Å². The number of thiophene rings is 1. The van der Waals surface area contributed by atoms with E-state index < -0.39 is 17.7 Å². The van der Waals surface area contributed by atoms with Crippen LogP contribution >= 0.6 is 11.3 Å². The predicted molar refractivity (Wildman–Crippen MR) is 93.5 cm³/mol. The smallest absolute Gasteiger partial charge is 0.290 e. The molecule has 0 bridgehead atoms. The van der Waals surface area contributed by atoms with Gasteiger partial charge in [-0.05, 0) is 30.0 Å². The summed E-state index contributed by atoms with van der Waals surface area (Å²) in [5, 5.41) is 12.2. The highest BCUT2D eigenvalue weighted by molar-refractivity contribution is 7.12. The topological polar surface area (TPSA) is 79.7 Å². The summed E-state index contributed by atoms with van der Waals surface area (Å²) in [6.45, 7) is 0.840. The first-order valence-corrected chi connectivity index (χ1v) is 8.75. The van der Waals surface area contributed by atoms with Crippen molar-refractivity contribution in [2.24, 2.45) is 0 Å². The van der Waals surface area contributed by atoms with E-state index in [1.54, 1.807) is 49.0 Å². The van der Waals surface area contributed by atoms with Crippen molar-refractivity contribution < 1.29 is 19.4 Å². The van der Waals surface area contributed by atoms with Crippen LogP contribution in [0.2, 0.25) is 0 Å². The van der Waals surface area contributed by atoms with Gasteiger partial charge in [-0.1, -0.05) is 12.1 Å². The van der Waals surface area contributed by atoms with Crippen LogP contribution in [0.25, 0.3) is 0 Å². The average Bonchev–Trinajstić information content (AvgIpc) is 3.25. The Labute approximate surface area is 149 Å². The number of ketones is 1. The van der Waals surface area contributed by atoms with E-state index in [-0.39, 0.29) is 11.4 Å². The first kappa shape index (κ1) is 17.3. The molecule has 0 spiro atoms. The van der Waals surface area contributed by atoms with Gasteiger partial charge in [-0.25, -0.2) is 0 Å². The number of carbonyl (C=O) groups excluding carboxylic acids is 2. The lowest BCUT2D eigenvalue weighted by Gasteiger charge is -2.25. The third kappa shape index (κ3) is 3.33. The van der Waals surface area contributed by atoms with Crippen molar-refractivity contribution in [3.8, 4) is 0 Å². The molecule has 0 saturated carbocycles. The minimum absolute atomic E-state index is 0.0866. The SMILES string of the molecule is COCCCN1C(=O)C(O)=C(C(=O)c2cccs2)C1c1ccccn1. The quantitative estimate of drug-likeness (QED) is 0.608. The number of carbonyl (C=O) groups is 2. The Morgan fingerprint density at radius 2 is 2.20 bits per heavy atom. The van der Waals surface area contributed by atoms with E-state index in [0.29, 0.717) is 30.1 Å². The van der Waals surface area contributed by atoms with E-state index in [2.05, 4.69) is 4.98 Å². The summed E-state index contributed by atoms with van der Waals surface area (Å²) in [5.41, 5.74) is 0.640. The monoisotopic (exact) mass is 358 g/mol. The molecular weight excluding hydrogens is 340 g/mol. The predicted octanol–water partition coefficient (Wildman–Crippen LogP) is 2.76. The van der Waals surface area contributed by atoms with E-state index in [4.69, 9.17) is 4.74 Å². The van der Waals surface area contributed by atoms with Crippen LogP contribution in [0.4, 0.5) is 0 Å². The van der Waals surface area contributed by atoms with Gasteiger partial charge in [0.15, 0.2) is 5.76 Å². The zero-order chi connectivity index (χ0) is 17.8. The van der Waals surface area contributed by atoms with Crippen LogP contribution in [0.1, 0.15) is 27.8 Å². The highest BCUT2D eigenvalue weighted by Crippen LogP contribution is 2.38. The molecule has 2 aromatic rings. The van der Waals surface area contributed by atoms with Crippen LogP contribution in [-0.4, -0.2) is 46.9 Å². The molecule has 1 amide bonds. The van der Waals surface area contributed by atoms with Gasteiger partial charge in [-0.15, -0.1) is 11.3 Å². The van der Waals surface area contributed by atoms with Gasteiger partial charge in [-0.3, -0.25) is 14.6 Å². The summed E-state index contributed by atoms with van der Waals surface area (Å²) >= 11 is 1.28. The number of hydrogen-bond acceptors (Lipinski definition) is 6. The molecule has 1 N–H and O–H groups in total. The molecule has 1 atom stereocenters. The average molecular weight is 358 g/mol. The molecule has 1 unspecified atom stereocenters. The van der Waals surface area contributed by atoms with E-state index in [1.807, 2.05) is 0 Å². The molecule has 3 rings (SSSR count). The largest absolute Gasteiger partial charge is 0.503 e. The summed E-state index contributed by atoms with van der Waals surface area (Å²) in [4.78, 5) is 31.7.